The number of nitrogens with one attached hydrogen (secondary N) is 1. The number of carboxylic acids is 1. The van der Waals surface area contributed by atoms with E-state index in [1.54, 1.807) is 6.07 Å². The van der Waals surface area contributed by atoms with Gasteiger partial charge in [0.1, 0.15) is 5.75 Å². The van der Waals surface area contributed by atoms with Crippen LogP contribution in [0, 0.1) is 0 Å². The number of ether oxygens (including phenoxy) is 1. The molecule has 18 heavy (non-hydrogen) atoms. The molecule has 0 amide bonds. The minimum Gasteiger partial charge on any atom is -0.496 e. The van der Waals surface area contributed by atoms with Crippen molar-refractivity contribution in [3.8, 4) is 5.75 Å². The lowest BCUT2D eigenvalue weighted by atomic mass is 10.3. The fraction of sp³-hybridized carbons (Fsp3) is 0.300. The molecule has 0 saturated heterocycles. The number of aliphatic carboxylic acids is 1. The van der Waals surface area contributed by atoms with Crippen LogP contribution in [0.25, 0.3) is 0 Å². The average Bonchev–Trinajstić information content (AvgIpc) is 2.28. The molecule has 2 N–H and O–H groups in total. The molecule has 100 valence electrons. The van der Waals surface area contributed by atoms with E-state index < -0.39 is 16.0 Å². The number of sulfonamides is 1. The molecular weight excluding hydrogens is 326 g/mol. The van der Waals surface area contributed by atoms with Gasteiger partial charge in [0.05, 0.1) is 22.9 Å². The fourth-order valence-electron chi connectivity index (χ4n) is 1.18. The van der Waals surface area contributed by atoms with Crippen LogP contribution in [0.2, 0.25) is 0 Å². The highest BCUT2D eigenvalue weighted by Crippen LogP contribution is 2.27. The summed E-state index contributed by atoms with van der Waals surface area (Å²) in [6.45, 7) is -0.157. The number of carbonyl (C=O) groups is 1. The minimum absolute atomic E-state index is 0.0212. The number of hydrogen-bond donors (Lipinski definition) is 2. The number of hydrogen-bond acceptors (Lipinski definition) is 4. The number of methoxy groups -OCH3 is 1. The van der Waals surface area contributed by atoms with Gasteiger partial charge < -0.3 is 9.84 Å². The van der Waals surface area contributed by atoms with Gasteiger partial charge in [-0.2, -0.15) is 0 Å². The minimum atomic E-state index is -3.72. The fourth-order valence-corrected chi connectivity index (χ4v) is 2.64. The Morgan fingerprint density at radius 1 is 1.50 bits per heavy atom. The van der Waals surface area contributed by atoms with Crippen molar-refractivity contribution in [1.82, 2.24) is 4.72 Å². The maximum Gasteiger partial charge on any atom is 0.304 e. The topological polar surface area (TPSA) is 92.7 Å². The van der Waals surface area contributed by atoms with Crippen molar-refractivity contribution in [3.05, 3.63) is 22.7 Å². The lowest BCUT2D eigenvalue weighted by Crippen LogP contribution is -2.26. The zero-order valence-corrected chi connectivity index (χ0v) is 11.9. The molecule has 6 nitrogen and oxygen atoms in total. The molecule has 0 aromatic heterocycles. The van der Waals surface area contributed by atoms with Crippen LogP contribution < -0.4 is 9.46 Å². The van der Waals surface area contributed by atoms with Crippen molar-refractivity contribution in [2.75, 3.05) is 13.7 Å². The highest BCUT2D eigenvalue weighted by Gasteiger charge is 2.16. The zero-order valence-electron chi connectivity index (χ0n) is 9.51. The second-order valence-electron chi connectivity index (χ2n) is 3.34. The third-order valence-corrected chi connectivity index (χ3v) is 4.18. The Morgan fingerprint density at radius 3 is 2.72 bits per heavy atom. The third-order valence-electron chi connectivity index (χ3n) is 2.06. The maximum absolute atomic E-state index is 11.8. The molecule has 0 aliphatic rings. The van der Waals surface area contributed by atoms with E-state index in [0.717, 1.165) is 0 Å². The molecule has 0 bridgehead atoms. The van der Waals surface area contributed by atoms with Crippen LogP contribution in [0.5, 0.6) is 5.75 Å². The Bertz CT molecular complexity index is 543. The normalized spacial score (nSPS) is 11.2. The summed E-state index contributed by atoms with van der Waals surface area (Å²) >= 11 is 3.21. The summed E-state index contributed by atoms with van der Waals surface area (Å²) in [6.07, 6.45) is -0.271. The molecule has 0 aliphatic carbocycles. The summed E-state index contributed by atoms with van der Waals surface area (Å²) in [6, 6.07) is 4.30. The molecule has 0 radical (unpaired) electrons. The molecule has 0 atom stereocenters. The van der Waals surface area contributed by atoms with E-state index in [0.29, 0.717) is 10.2 Å². The first kappa shape index (κ1) is 14.9. The smallest absolute Gasteiger partial charge is 0.304 e. The maximum atomic E-state index is 11.8. The second kappa shape index (κ2) is 6.17. The van der Waals surface area contributed by atoms with E-state index in [1.165, 1.54) is 19.2 Å². The van der Waals surface area contributed by atoms with Crippen molar-refractivity contribution < 1.29 is 23.1 Å². The van der Waals surface area contributed by atoms with Gasteiger partial charge in [0.15, 0.2) is 0 Å². The van der Waals surface area contributed by atoms with Crippen LogP contribution in [-0.4, -0.2) is 33.1 Å². The van der Waals surface area contributed by atoms with Gasteiger partial charge in [-0.25, -0.2) is 13.1 Å². The molecule has 0 unspecified atom stereocenters. The lowest BCUT2D eigenvalue weighted by molar-refractivity contribution is -0.136. The van der Waals surface area contributed by atoms with Gasteiger partial charge in [-0.05, 0) is 28.1 Å². The summed E-state index contributed by atoms with van der Waals surface area (Å²) in [5, 5.41) is 8.44. The Hall–Kier alpha value is -1.12. The average molecular weight is 338 g/mol. The molecule has 0 heterocycles. The lowest BCUT2D eigenvalue weighted by Gasteiger charge is -2.08. The van der Waals surface area contributed by atoms with Crippen molar-refractivity contribution in [3.63, 3.8) is 0 Å². The molecule has 0 saturated carbocycles. The van der Waals surface area contributed by atoms with Crippen LogP contribution in [0.1, 0.15) is 6.42 Å². The van der Waals surface area contributed by atoms with E-state index in [-0.39, 0.29) is 17.9 Å². The quantitative estimate of drug-likeness (QED) is 0.813. The molecule has 0 fully saturated rings. The predicted molar refractivity (Wildman–Crippen MR) is 68.1 cm³/mol. The predicted octanol–water partition coefficient (Wildman–Crippen LogP) is 1.21. The van der Waals surface area contributed by atoms with Crippen LogP contribution in [0.15, 0.2) is 27.6 Å². The molecule has 8 heteroatoms. The van der Waals surface area contributed by atoms with Crippen molar-refractivity contribution >= 4 is 31.9 Å². The van der Waals surface area contributed by atoms with Crippen LogP contribution in [0.4, 0.5) is 0 Å². The number of benzene rings is 1. The standard InChI is InChI=1S/C10H12BrNO5S/c1-17-9-6-7(2-3-8(9)11)18(15,16)12-5-4-10(13)14/h2-3,6,12H,4-5H2,1H3,(H,13,14). The number of halogens is 1. The molecule has 0 aliphatic heterocycles. The second-order valence-corrected chi connectivity index (χ2v) is 5.96. The van der Waals surface area contributed by atoms with Gasteiger partial charge in [0, 0.05) is 12.6 Å². The van der Waals surface area contributed by atoms with Crippen molar-refractivity contribution in [2.45, 2.75) is 11.3 Å². The molecular formula is C10H12BrNO5S. The Balaban J connectivity index is 2.88. The van der Waals surface area contributed by atoms with E-state index >= 15 is 0 Å². The zero-order chi connectivity index (χ0) is 13.8. The van der Waals surface area contributed by atoms with E-state index in [2.05, 4.69) is 20.7 Å². The van der Waals surface area contributed by atoms with Gasteiger partial charge >= 0.3 is 5.97 Å². The first-order valence-electron chi connectivity index (χ1n) is 4.92. The number of rotatable bonds is 6. The summed E-state index contributed by atoms with van der Waals surface area (Å²) in [5.41, 5.74) is 0. The van der Waals surface area contributed by atoms with Gasteiger partial charge in [-0.1, -0.05) is 0 Å². The van der Waals surface area contributed by atoms with Crippen molar-refractivity contribution in [1.29, 1.82) is 0 Å². The van der Waals surface area contributed by atoms with E-state index in [1.807, 2.05) is 0 Å². The molecule has 1 aromatic rings. The van der Waals surface area contributed by atoms with Crippen LogP contribution in [-0.2, 0) is 14.8 Å². The summed E-state index contributed by atoms with van der Waals surface area (Å²) in [4.78, 5) is 10.3. The summed E-state index contributed by atoms with van der Waals surface area (Å²) in [7, 11) is -2.29. The van der Waals surface area contributed by atoms with Gasteiger partial charge in [0.2, 0.25) is 10.0 Å². The monoisotopic (exact) mass is 337 g/mol. The third kappa shape index (κ3) is 3.97. The SMILES string of the molecule is COc1cc(S(=O)(=O)NCCC(=O)O)ccc1Br. The summed E-state index contributed by atoms with van der Waals surface area (Å²) < 4.78 is 31.5. The highest BCUT2D eigenvalue weighted by molar-refractivity contribution is 9.10. The first-order chi connectivity index (χ1) is 8.36. The van der Waals surface area contributed by atoms with Crippen molar-refractivity contribution in [2.24, 2.45) is 0 Å². The van der Waals surface area contributed by atoms with E-state index in [4.69, 9.17) is 9.84 Å². The van der Waals surface area contributed by atoms with Crippen LogP contribution in [0.3, 0.4) is 0 Å². The van der Waals surface area contributed by atoms with Gasteiger partial charge in [0.25, 0.3) is 0 Å². The Labute approximate surface area is 113 Å². The number of carboxylic acid groups (broad SMARTS) is 1. The molecule has 0 spiro atoms. The highest BCUT2D eigenvalue weighted by atomic mass is 79.9. The largest absolute Gasteiger partial charge is 0.496 e. The van der Waals surface area contributed by atoms with Gasteiger partial charge in [-0.3, -0.25) is 4.79 Å². The molecule has 1 aromatic carbocycles. The Morgan fingerprint density at radius 2 is 2.17 bits per heavy atom. The first-order valence-corrected chi connectivity index (χ1v) is 7.19. The van der Waals surface area contributed by atoms with Crippen LogP contribution >= 0.6 is 15.9 Å². The van der Waals surface area contributed by atoms with E-state index in [9.17, 15) is 13.2 Å². The Kier molecular flexibility index (Phi) is 5.12. The van der Waals surface area contributed by atoms with Gasteiger partial charge in [-0.15, -0.1) is 0 Å². The molecule has 1 rings (SSSR count). The summed E-state index contributed by atoms with van der Waals surface area (Å²) in [5.74, 6) is -0.679.